The van der Waals surface area contributed by atoms with Crippen molar-refractivity contribution in [3.8, 4) is 11.8 Å². The van der Waals surface area contributed by atoms with E-state index < -0.39 is 0 Å². The molecule has 0 aliphatic heterocycles. The molecule has 0 radical (unpaired) electrons. The van der Waals surface area contributed by atoms with Crippen LogP contribution in [0.25, 0.3) is 0 Å². The van der Waals surface area contributed by atoms with Crippen LogP contribution in [0.15, 0.2) is 24.3 Å². The number of hydrogen-bond donors (Lipinski definition) is 1. The molecule has 20 heavy (non-hydrogen) atoms. The standard InChI is InChI=1S/C18H27NO/c1-15(2)13-19(16(3)4)14-18-10-7-9-17(12-18)8-5-6-11-20/h7,9-10,12,15-16,20H,6,11,13-14H2,1-4H3. The van der Waals surface area contributed by atoms with Crippen LogP contribution in [0.3, 0.4) is 0 Å². The van der Waals surface area contributed by atoms with Gasteiger partial charge in [-0.05, 0) is 37.5 Å². The number of nitrogens with zero attached hydrogens (tertiary/aromatic N) is 1. The molecule has 2 heteroatoms. The van der Waals surface area contributed by atoms with E-state index in [1.165, 1.54) is 5.56 Å². The zero-order chi connectivity index (χ0) is 15.0. The van der Waals surface area contributed by atoms with Crippen LogP contribution in [-0.2, 0) is 6.54 Å². The molecule has 0 saturated carbocycles. The SMILES string of the molecule is CC(C)CN(Cc1cccc(C#CCCO)c1)C(C)C. The predicted molar refractivity (Wildman–Crippen MR) is 85.4 cm³/mol. The summed E-state index contributed by atoms with van der Waals surface area (Å²) >= 11 is 0. The van der Waals surface area contributed by atoms with Gasteiger partial charge < -0.3 is 5.11 Å². The third-order valence-electron chi connectivity index (χ3n) is 3.11. The number of hydrogen-bond acceptors (Lipinski definition) is 2. The van der Waals surface area contributed by atoms with Gasteiger partial charge >= 0.3 is 0 Å². The van der Waals surface area contributed by atoms with Gasteiger partial charge in [0.25, 0.3) is 0 Å². The van der Waals surface area contributed by atoms with Crippen molar-refractivity contribution >= 4 is 0 Å². The van der Waals surface area contributed by atoms with Gasteiger partial charge in [0.1, 0.15) is 0 Å². The van der Waals surface area contributed by atoms with Gasteiger partial charge in [-0.1, -0.05) is 37.8 Å². The Bertz CT molecular complexity index is 454. The van der Waals surface area contributed by atoms with Crippen LogP contribution in [-0.4, -0.2) is 29.2 Å². The zero-order valence-corrected chi connectivity index (χ0v) is 13.2. The summed E-state index contributed by atoms with van der Waals surface area (Å²) in [6.45, 7) is 11.2. The smallest absolute Gasteiger partial charge is 0.0540 e. The highest BCUT2D eigenvalue weighted by Crippen LogP contribution is 2.12. The predicted octanol–water partition coefficient (Wildman–Crippen LogP) is 3.29. The van der Waals surface area contributed by atoms with Crippen LogP contribution >= 0.6 is 0 Å². The van der Waals surface area contributed by atoms with E-state index in [2.05, 4.69) is 62.6 Å². The number of aliphatic hydroxyl groups is 1. The first-order chi connectivity index (χ1) is 9.52. The Kier molecular flexibility index (Phi) is 7.36. The van der Waals surface area contributed by atoms with Gasteiger partial charge in [-0.25, -0.2) is 0 Å². The van der Waals surface area contributed by atoms with Crippen molar-refractivity contribution in [3.63, 3.8) is 0 Å². The monoisotopic (exact) mass is 273 g/mol. The molecule has 0 unspecified atom stereocenters. The van der Waals surface area contributed by atoms with Crippen molar-refractivity contribution in [2.45, 2.75) is 46.7 Å². The van der Waals surface area contributed by atoms with Gasteiger partial charge in [-0.3, -0.25) is 4.90 Å². The van der Waals surface area contributed by atoms with Crippen LogP contribution in [0.1, 0.15) is 45.2 Å². The number of aliphatic hydroxyl groups excluding tert-OH is 1. The van der Waals surface area contributed by atoms with Crippen molar-refractivity contribution in [2.75, 3.05) is 13.2 Å². The van der Waals surface area contributed by atoms with Crippen LogP contribution < -0.4 is 0 Å². The van der Waals surface area contributed by atoms with Crippen LogP contribution in [0.2, 0.25) is 0 Å². The summed E-state index contributed by atoms with van der Waals surface area (Å²) in [5, 5.41) is 8.75. The van der Waals surface area contributed by atoms with E-state index >= 15 is 0 Å². The molecule has 0 bridgehead atoms. The molecule has 0 atom stereocenters. The summed E-state index contributed by atoms with van der Waals surface area (Å²) in [6.07, 6.45) is 0.537. The summed E-state index contributed by atoms with van der Waals surface area (Å²) in [6, 6.07) is 8.94. The summed E-state index contributed by atoms with van der Waals surface area (Å²) in [5.74, 6) is 6.75. The van der Waals surface area contributed by atoms with E-state index in [1.807, 2.05) is 6.07 Å². The third-order valence-corrected chi connectivity index (χ3v) is 3.11. The lowest BCUT2D eigenvalue weighted by Gasteiger charge is -2.28. The molecule has 0 amide bonds. The van der Waals surface area contributed by atoms with Gasteiger partial charge in [0.2, 0.25) is 0 Å². The number of rotatable bonds is 6. The molecule has 1 aromatic carbocycles. The fourth-order valence-corrected chi connectivity index (χ4v) is 2.13. The van der Waals surface area contributed by atoms with Crippen molar-refractivity contribution in [1.29, 1.82) is 0 Å². The molecule has 0 aliphatic carbocycles. The van der Waals surface area contributed by atoms with E-state index in [0.29, 0.717) is 18.4 Å². The minimum atomic E-state index is 0.127. The molecule has 0 saturated heterocycles. The van der Waals surface area contributed by atoms with E-state index in [-0.39, 0.29) is 6.61 Å². The van der Waals surface area contributed by atoms with Crippen LogP contribution in [0.5, 0.6) is 0 Å². The lowest BCUT2D eigenvalue weighted by molar-refractivity contribution is 0.189. The average molecular weight is 273 g/mol. The van der Waals surface area contributed by atoms with Gasteiger partial charge in [-0.15, -0.1) is 0 Å². The molecular weight excluding hydrogens is 246 g/mol. The molecule has 110 valence electrons. The molecule has 0 fully saturated rings. The topological polar surface area (TPSA) is 23.5 Å². The Hall–Kier alpha value is -1.30. The minimum absolute atomic E-state index is 0.127. The quantitative estimate of drug-likeness (QED) is 0.804. The highest BCUT2D eigenvalue weighted by atomic mass is 16.2. The molecule has 1 rings (SSSR count). The van der Waals surface area contributed by atoms with Gasteiger partial charge in [0.05, 0.1) is 6.61 Å². The largest absolute Gasteiger partial charge is 0.395 e. The van der Waals surface area contributed by atoms with E-state index in [9.17, 15) is 0 Å². The van der Waals surface area contributed by atoms with E-state index in [0.717, 1.165) is 18.7 Å². The molecular formula is C18H27NO. The molecule has 1 aromatic rings. The summed E-state index contributed by atoms with van der Waals surface area (Å²) in [7, 11) is 0. The normalized spacial score (nSPS) is 11.0. The Morgan fingerprint density at radius 2 is 1.95 bits per heavy atom. The van der Waals surface area contributed by atoms with E-state index in [1.54, 1.807) is 0 Å². The molecule has 1 N–H and O–H groups in total. The van der Waals surface area contributed by atoms with Crippen molar-refractivity contribution < 1.29 is 5.11 Å². The zero-order valence-electron chi connectivity index (χ0n) is 13.2. The van der Waals surface area contributed by atoms with Crippen LogP contribution in [0, 0.1) is 17.8 Å². The summed E-state index contributed by atoms with van der Waals surface area (Å²) < 4.78 is 0. The third kappa shape index (κ3) is 6.23. The Morgan fingerprint density at radius 3 is 2.55 bits per heavy atom. The van der Waals surface area contributed by atoms with Crippen molar-refractivity contribution in [3.05, 3.63) is 35.4 Å². The minimum Gasteiger partial charge on any atom is -0.395 e. The Labute approximate surface area is 123 Å². The lowest BCUT2D eigenvalue weighted by atomic mass is 10.1. The van der Waals surface area contributed by atoms with Crippen LogP contribution in [0.4, 0.5) is 0 Å². The molecule has 0 spiro atoms. The highest BCUT2D eigenvalue weighted by molar-refractivity contribution is 5.37. The Morgan fingerprint density at radius 1 is 1.20 bits per heavy atom. The van der Waals surface area contributed by atoms with Gasteiger partial charge in [-0.2, -0.15) is 0 Å². The van der Waals surface area contributed by atoms with Crippen molar-refractivity contribution in [2.24, 2.45) is 5.92 Å². The highest BCUT2D eigenvalue weighted by Gasteiger charge is 2.11. The molecule has 0 aromatic heterocycles. The average Bonchev–Trinajstić information content (AvgIpc) is 2.38. The summed E-state index contributed by atoms with van der Waals surface area (Å²) in [5.41, 5.74) is 2.33. The second-order valence-electron chi connectivity index (χ2n) is 5.89. The lowest BCUT2D eigenvalue weighted by Crippen LogP contribution is -2.33. The fraction of sp³-hybridized carbons (Fsp3) is 0.556. The van der Waals surface area contributed by atoms with Gasteiger partial charge in [0, 0.05) is 31.1 Å². The molecule has 2 nitrogen and oxygen atoms in total. The summed E-state index contributed by atoms with van der Waals surface area (Å²) in [4.78, 5) is 2.49. The first-order valence-electron chi connectivity index (χ1n) is 7.45. The number of benzene rings is 1. The second-order valence-corrected chi connectivity index (χ2v) is 5.89. The van der Waals surface area contributed by atoms with E-state index in [4.69, 9.17) is 5.11 Å². The maximum Gasteiger partial charge on any atom is 0.0540 e. The maximum absolute atomic E-state index is 8.75. The maximum atomic E-state index is 8.75. The molecule has 0 aliphatic rings. The first kappa shape index (κ1) is 16.8. The van der Waals surface area contributed by atoms with Crippen molar-refractivity contribution in [1.82, 2.24) is 4.90 Å². The Balaban J connectivity index is 2.76. The first-order valence-corrected chi connectivity index (χ1v) is 7.45. The molecule has 0 heterocycles. The van der Waals surface area contributed by atoms with Gasteiger partial charge in [0.15, 0.2) is 0 Å². The second kappa shape index (κ2) is 8.79. The fourth-order valence-electron chi connectivity index (χ4n) is 2.13.